The van der Waals surface area contributed by atoms with E-state index in [1.165, 1.54) is 6.92 Å². The van der Waals surface area contributed by atoms with Gasteiger partial charge >= 0.3 is 12.1 Å². The molecule has 0 aliphatic carbocycles. The molecule has 0 bridgehead atoms. The molecule has 0 aliphatic rings. The predicted octanol–water partition coefficient (Wildman–Crippen LogP) is 4.13. The number of halogens is 1. The first-order valence-electron chi connectivity index (χ1n) is 9.07. The number of likely N-dealkylation sites (N-methyl/N-ethyl adjacent to an activating group) is 1. The third-order valence-electron chi connectivity index (χ3n) is 3.77. The Balaban J connectivity index is 2.01. The molecule has 29 heavy (non-hydrogen) atoms. The van der Waals surface area contributed by atoms with Gasteiger partial charge in [-0.3, -0.25) is 10.1 Å². The summed E-state index contributed by atoms with van der Waals surface area (Å²) in [7, 11) is 3.89. The lowest BCUT2D eigenvalue weighted by molar-refractivity contribution is -0.150. The fraction of sp³-hybridized carbons (Fsp3) is 0.333. The molecule has 0 saturated heterocycles. The topological polar surface area (TPSA) is 77.1 Å². The van der Waals surface area contributed by atoms with Crippen molar-refractivity contribution in [2.24, 2.45) is 0 Å². The summed E-state index contributed by atoms with van der Waals surface area (Å²) in [6, 6.07) is 13.5. The van der Waals surface area contributed by atoms with Gasteiger partial charge in [0.05, 0.1) is 13.2 Å². The van der Waals surface area contributed by atoms with Crippen LogP contribution >= 0.6 is 11.6 Å². The minimum absolute atomic E-state index is 0.200. The van der Waals surface area contributed by atoms with Gasteiger partial charge in [0.15, 0.2) is 6.10 Å². The van der Waals surface area contributed by atoms with E-state index in [0.717, 1.165) is 6.54 Å². The van der Waals surface area contributed by atoms with Crippen molar-refractivity contribution in [3.05, 3.63) is 59.1 Å². The number of ether oxygens (including phenoxy) is 3. The minimum atomic E-state index is -0.657. The van der Waals surface area contributed by atoms with Crippen molar-refractivity contribution in [2.75, 3.05) is 39.2 Å². The number of hydrogen-bond acceptors (Lipinski definition) is 6. The average molecular weight is 421 g/mol. The molecular weight excluding hydrogens is 396 g/mol. The first-order valence-corrected chi connectivity index (χ1v) is 9.45. The number of carbonyl (C=O) groups excluding carboxylic acids is 2. The Kier molecular flexibility index (Phi) is 8.92. The molecule has 2 aromatic carbocycles. The minimum Gasteiger partial charge on any atom is -0.455 e. The zero-order valence-electron chi connectivity index (χ0n) is 16.7. The zero-order valence-corrected chi connectivity index (χ0v) is 17.4. The second-order valence-electron chi connectivity index (χ2n) is 6.57. The maximum absolute atomic E-state index is 12.1. The van der Waals surface area contributed by atoms with E-state index in [1.807, 2.05) is 19.0 Å². The fourth-order valence-corrected chi connectivity index (χ4v) is 2.62. The maximum Gasteiger partial charge on any atom is 0.417 e. The third kappa shape index (κ3) is 8.51. The summed E-state index contributed by atoms with van der Waals surface area (Å²) >= 11 is 5.91. The number of amides is 1. The number of carbonyl (C=O) groups is 2. The van der Waals surface area contributed by atoms with Crippen LogP contribution in [0, 0.1) is 0 Å². The van der Waals surface area contributed by atoms with E-state index in [0.29, 0.717) is 28.6 Å². The van der Waals surface area contributed by atoms with Gasteiger partial charge in [-0.15, -0.1) is 0 Å². The number of esters is 1. The lowest BCUT2D eigenvalue weighted by Gasteiger charge is -2.19. The van der Waals surface area contributed by atoms with Gasteiger partial charge in [-0.05, 0) is 50.0 Å². The van der Waals surface area contributed by atoms with E-state index < -0.39 is 18.2 Å². The molecule has 0 aliphatic heterocycles. The van der Waals surface area contributed by atoms with E-state index in [-0.39, 0.29) is 6.61 Å². The van der Waals surface area contributed by atoms with Crippen molar-refractivity contribution in [3.8, 4) is 5.75 Å². The second-order valence-corrected chi connectivity index (χ2v) is 7.01. The summed E-state index contributed by atoms with van der Waals surface area (Å²) < 4.78 is 16.3. The van der Waals surface area contributed by atoms with Crippen LogP contribution in [-0.4, -0.2) is 50.8 Å². The average Bonchev–Trinajstić information content (AvgIpc) is 2.64. The predicted molar refractivity (Wildman–Crippen MR) is 111 cm³/mol. The molecule has 8 heteroatoms. The van der Waals surface area contributed by atoms with Crippen molar-refractivity contribution in [1.29, 1.82) is 0 Å². The largest absolute Gasteiger partial charge is 0.455 e. The summed E-state index contributed by atoms with van der Waals surface area (Å²) in [5.41, 5.74) is 1.18. The third-order valence-corrected chi connectivity index (χ3v) is 4.01. The van der Waals surface area contributed by atoms with Crippen molar-refractivity contribution in [1.82, 2.24) is 4.90 Å². The van der Waals surface area contributed by atoms with Crippen LogP contribution in [0.15, 0.2) is 48.5 Å². The van der Waals surface area contributed by atoms with Crippen molar-refractivity contribution >= 4 is 29.4 Å². The van der Waals surface area contributed by atoms with Gasteiger partial charge in [0.2, 0.25) is 0 Å². The SMILES string of the molecule is CC(=O)OC(COCCN(C)C)c1cccc(OC(=O)Nc2cccc(Cl)c2)c1. The summed E-state index contributed by atoms with van der Waals surface area (Å²) in [6.45, 7) is 2.79. The van der Waals surface area contributed by atoms with Crippen LogP contribution < -0.4 is 10.1 Å². The Hall–Kier alpha value is -2.61. The van der Waals surface area contributed by atoms with Crippen LogP contribution in [0.4, 0.5) is 10.5 Å². The molecule has 0 fully saturated rings. The molecule has 156 valence electrons. The molecule has 1 amide bonds. The highest BCUT2D eigenvalue weighted by atomic mass is 35.5. The number of nitrogens with one attached hydrogen (secondary N) is 1. The molecule has 0 radical (unpaired) electrons. The van der Waals surface area contributed by atoms with Crippen molar-refractivity contribution in [3.63, 3.8) is 0 Å². The highest BCUT2D eigenvalue weighted by molar-refractivity contribution is 6.30. The smallest absolute Gasteiger partial charge is 0.417 e. The van der Waals surface area contributed by atoms with Crippen LogP contribution in [0.25, 0.3) is 0 Å². The van der Waals surface area contributed by atoms with Gasteiger partial charge in [-0.2, -0.15) is 0 Å². The van der Waals surface area contributed by atoms with Gasteiger partial charge in [-0.1, -0.05) is 29.8 Å². The molecule has 0 aromatic heterocycles. The van der Waals surface area contributed by atoms with Gasteiger partial charge in [0.25, 0.3) is 0 Å². The zero-order chi connectivity index (χ0) is 21.2. The van der Waals surface area contributed by atoms with Crippen LogP contribution in [0.3, 0.4) is 0 Å². The van der Waals surface area contributed by atoms with E-state index in [2.05, 4.69) is 5.32 Å². The Morgan fingerprint density at radius 3 is 2.59 bits per heavy atom. The molecular formula is C21H25ClN2O5. The Morgan fingerprint density at radius 1 is 1.14 bits per heavy atom. The highest BCUT2D eigenvalue weighted by Crippen LogP contribution is 2.23. The summed E-state index contributed by atoms with van der Waals surface area (Å²) in [5.74, 6) is -0.108. The van der Waals surface area contributed by atoms with Crippen molar-refractivity contribution in [2.45, 2.75) is 13.0 Å². The van der Waals surface area contributed by atoms with Crippen LogP contribution in [0.2, 0.25) is 5.02 Å². The molecule has 2 rings (SSSR count). The van der Waals surface area contributed by atoms with E-state index in [9.17, 15) is 9.59 Å². The lowest BCUT2D eigenvalue weighted by atomic mass is 10.1. The quantitative estimate of drug-likeness (QED) is 0.485. The van der Waals surface area contributed by atoms with Gasteiger partial charge < -0.3 is 19.1 Å². The molecule has 0 spiro atoms. The molecule has 0 heterocycles. The molecule has 7 nitrogen and oxygen atoms in total. The number of benzene rings is 2. The monoisotopic (exact) mass is 420 g/mol. The van der Waals surface area contributed by atoms with Gasteiger partial charge in [0.1, 0.15) is 5.75 Å². The summed E-state index contributed by atoms with van der Waals surface area (Å²) in [4.78, 5) is 25.6. The van der Waals surface area contributed by atoms with Gasteiger partial charge in [0, 0.05) is 24.2 Å². The number of anilines is 1. The standard InChI is InChI=1S/C21H25ClN2O5/c1-15(25)28-20(14-27-11-10-24(2)3)16-6-4-9-19(12-16)29-21(26)23-18-8-5-7-17(22)13-18/h4-9,12-13,20H,10-11,14H2,1-3H3,(H,23,26). The second kappa shape index (κ2) is 11.4. The first kappa shape index (κ1) is 22.7. The van der Waals surface area contributed by atoms with E-state index in [1.54, 1.807) is 48.5 Å². The van der Waals surface area contributed by atoms with Crippen LogP contribution in [0.1, 0.15) is 18.6 Å². The van der Waals surface area contributed by atoms with Gasteiger partial charge in [-0.25, -0.2) is 4.79 Å². The fourth-order valence-electron chi connectivity index (χ4n) is 2.43. The van der Waals surface area contributed by atoms with E-state index >= 15 is 0 Å². The Labute approximate surface area is 175 Å². The number of hydrogen-bond donors (Lipinski definition) is 1. The number of nitrogens with zero attached hydrogens (tertiary/aromatic N) is 1. The highest BCUT2D eigenvalue weighted by Gasteiger charge is 2.17. The van der Waals surface area contributed by atoms with E-state index in [4.69, 9.17) is 25.8 Å². The molecule has 0 saturated carbocycles. The summed E-state index contributed by atoms with van der Waals surface area (Å²) in [5, 5.41) is 3.11. The molecule has 1 atom stereocenters. The molecule has 1 unspecified atom stereocenters. The lowest BCUT2D eigenvalue weighted by Crippen LogP contribution is -2.21. The Morgan fingerprint density at radius 2 is 1.90 bits per heavy atom. The summed E-state index contributed by atoms with van der Waals surface area (Å²) in [6.07, 6.45) is -1.26. The molecule has 2 aromatic rings. The maximum atomic E-state index is 12.1. The normalized spacial score (nSPS) is 11.8. The molecule has 1 N–H and O–H groups in total. The van der Waals surface area contributed by atoms with Crippen LogP contribution in [0.5, 0.6) is 5.75 Å². The first-order chi connectivity index (χ1) is 13.8. The van der Waals surface area contributed by atoms with Crippen molar-refractivity contribution < 1.29 is 23.8 Å². The van der Waals surface area contributed by atoms with Crippen LogP contribution in [-0.2, 0) is 14.3 Å². The Bertz CT molecular complexity index is 828. The number of rotatable bonds is 9.